The number of hydrogen-bond donors (Lipinski definition) is 1. The highest BCUT2D eigenvalue weighted by Gasteiger charge is 2.04. The number of para-hydroxylation sites is 2. The van der Waals surface area contributed by atoms with Crippen LogP contribution in [0.4, 0.5) is 5.69 Å². The van der Waals surface area contributed by atoms with Gasteiger partial charge in [-0.3, -0.25) is 0 Å². The van der Waals surface area contributed by atoms with Crippen LogP contribution >= 0.6 is 0 Å². The molecule has 21 heavy (non-hydrogen) atoms. The van der Waals surface area contributed by atoms with Gasteiger partial charge < -0.3 is 5.32 Å². The molecule has 102 valence electrons. The molecular formula is C17H14N4. The molecule has 3 rings (SSSR count). The van der Waals surface area contributed by atoms with Crippen LogP contribution in [0.25, 0.3) is 5.69 Å². The summed E-state index contributed by atoms with van der Waals surface area (Å²) < 4.78 is 1.83. The fourth-order valence-corrected chi connectivity index (χ4v) is 2.18. The Kier molecular flexibility index (Phi) is 3.66. The summed E-state index contributed by atoms with van der Waals surface area (Å²) >= 11 is 0. The number of anilines is 1. The van der Waals surface area contributed by atoms with Crippen molar-refractivity contribution in [1.29, 1.82) is 5.26 Å². The van der Waals surface area contributed by atoms with E-state index in [1.807, 2.05) is 59.4 Å². The van der Waals surface area contributed by atoms with E-state index in [-0.39, 0.29) is 0 Å². The molecule has 0 bridgehead atoms. The molecule has 0 aliphatic carbocycles. The lowest BCUT2D eigenvalue weighted by Gasteiger charge is -2.12. The van der Waals surface area contributed by atoms with Gasteiger partial charge in [-0.1, -0.05) is 24.3 Å². The number of rotatable bonds is 4. The van der Waals surface area contributed by atoms with Crippen molar-refractivity contribution >= 4 is 5.69 Å². The standard InChI is InChI=1S/C17H14N4/c18-12-14-5-3-6-15(11-14)13-19-16-7-1-2-8-17(16)21-10-4-9-20-21/h1-11,19H,13H2. The third kappa shape index (κ3) is 2.93. The Morgan fingerprint density at radius 2 is 2.00 bits per heavy atom. The van der Waals surface area contributed by atoms with E-state index < -0.39 is 0 Å². The van der Waals surface area contributed by atoms with Crippen LogP contribution in [0.2, 0.25) is 0 Å². The van der Waals surface area contributed by atoms with E-state index in [0.29, 0.717) is 12.1 Å². The normalized spacial score (nSPS) is 10.0. The van der Waals surface area contributed by atoms with Crippen molar-refractivity contribution in [3.63, 3.8) is 0 Å². The average Bonchev–Trinajstić information content (AvgIpc) is 3.08. The second-order valence-corrected chi connectivity index (χ2v) is 4.63. The predicted octanol–water partition coefficient (Wildman–Crippen LogP) is 3.36. The maximum atomic E-state index is 8.93. The van der Waals surface area contributed by atoms with Gasteiger partial charge in [-0.15, -0.1) is 0 Å². The molecule has 4 heteroatoms. The van der Waals surface area contributed by atoms with Crippen molar-refractivity contribution in [2.75, 3.05) is 5.32 Å². The van der Waals surface area contributed by atoms with Gasteiger partial charge >= 0.3 is 0 Å². The summed E-state index contributed by atoms with van der Waals surface area (Å²) in [5.74, 6) is 0. The highest BCUT2D eigenvalue weighted by atomic mass is 15.3. The van der Waals surface area contributed by atoms with Crippen molar-refractivity contribution in [3.8, 4) is 11.8 Å². The monoisotopic (exact) mass is 274 g/mol. The Balaban J connectivity index is 1.81. The highest BCUT2D eigenvalue weighted by molar-refractivity contribution is 5.60. The SMILES string of the molecule is N#Cc1cccc(CNc2ccccc2-n2cccn2)c1. The van der Waals surface area contributed by atoms with Gasteiger partial charge in [0.05, 0.1) is 23.0 Å². The Bertz CT molecular complexity index is 769. The van der Waals surface area contributed by atoms with Crippen molar-refractivity contribution in [2.45, 2.75) is 6.54 Å². The number of aromatic nitrogens is 2. The summed E-state index contributed by atoms with van der Waals surface area (Å²) in [5, 5.41) is 16.6. The summed E-state index contributed by atoms with van der Waals surface area (Å²) in [6, 6.07) is 19.7. The van der Waals surface area contributed by atoms with Gasteiger partial charge in [0.1, 0.15) is 0 Å². The van der Waals surface area contributed by atoms with E-state index in [9.17, 15) is 0 Å². The molecule has 2 aromatic carbocycles. The van der Waals surface area contributed by atoms with Crippen LogP contribution < -0.4 is 5.32 Å². The third-order valence-corrected chi connectivity index (χ3v) is 3.19. The lowest BCUT2D eigenvalue weighted by Crippen LogP contribution is -2.04. The largest absolute Gasteiger partial charge is 0.379 e. The Morgan fingerprint density at radius 3 is 2.81 bits per heavy atom. The number of nitriles is 1. The maximum absolute atomic E-state index is 8.93. The van der Waals surface area contributed by atoms with Gasteiger partial charge in [-0.25, -0.2) is 4.68 Å². The molecular weight excluding hydrogens is 260 g/mol. The molecule has 0 fully saturated rings. The van der Waals surface area contributed by atoms with Gasteiger partial charge in [0.25, 0.3) is 0 Å². The average molecular weight is 274 g/mol. The molecule has 0 saturated carbocycles. The first-order chi connectivity index (χ1) is 10.4. The van der Waals surface area contributed by atoms with Gasteiger partial charge in [0.2, 0.25) is 0 Å². The molecule has 0 saturated heterocycles. The highest BCUT2D eigenvalue weighted by Crippen LogP contribution is 2.20. The first-order valence-corrected chi connectivity index (χ1v) is 6.69. The van der Waals surface area contributed by atoms with Crippen LogP contribution in [-0.2, 0) is 6.54 Å². The molecule has 1 aromatic heterocycles. The topological polar surface area (TPSA) is 53.6 Å². The number of hydrogen-bond acceptors (Lipinski definition) is 3. The van der Waals surface area contributed by atoms with E-state index in [2.05, 4.69) is 16.5 Å². The maximum Gasteiger partial charge on any atom is 0.0991 e. The third-order valence-electron chi connectivity index (χ3n) is 3.19. The zero-order valence-electron chi connectivity index (χ0n) is 11.4. The van der Waals surface area contributed by atoms with E-state index >= 15 is 0 Å². The molecule has 1 N–H and O–H groups in total. The number of benzene rings is 2. The first-order valence-electron chi connectivity index (χ1n) is 6.69. The van der Waals surface area contributed by atoms with Crippen LogP contribution in [0.1, 0.15) is 11.1 Å². The molecule has 0 atom stereocenters. The van der Waals surface area contributed by atoms with Crippen molar-refractivity contribution in [3.05, 3.63) is 78.1 Å². The minimum Gasteiger partial charge on any atom is -0.379 e. The fourth-order valence-electron chi connectivity index (χ4n) is 2.18. The van der Waals surface area contributed by atoms with Crippen LogP contribution in [0.15, 0.2) is 67.0 Å². The fraction of sp³-hybridized carbons (Fsp3) is 0.0588. The van der Waals surface area contributed by atoms with Crippen LogP contribution in [0.3, 0.4) is 0 Å². The van der Waals surface area contributed by atoms with E-state index in [1.165, 1.54) is 0 Å². The predicted molar refractivity (Wildman–Crippen MR) is 82.0 cm³/mol. The summed E-state index contributed by atoms with van der Waals surface area (Å²) in [6.45, 7) is 0.661. The van der Waals surface area contributed by atoms with Crippen LogP contribution in [-0.4, -0.2) is 9.78 Å². The van der Waals surface area contributed by atoms with Crippen molar-refractivity contribution in [1.82, 2.24) is 9.78 Å². The molecule has 3 aromatic rings. The summed E-state index contributed by atoms with van der Waals surface area (Å²) in [7, 11) is 0. The van der Waals surface area contributed by atoms with Crippen LogP contribution in [0, 0.1) is 11.3 Å². The molecule has 0 aliphatic heterocycles. The Hall–Kier alpha value is -3.06. The van der Waals surface area contributed by atoms with Crippen molar-refractivity contribution < 1.29 is 0 Å². The van der Waals surface area contributed by atoms with E-state index in [1.54, 1.807) is 12.3 Å². The van der Waals surface area contributed by atoms with Gasteiger partial charge in [-0.2, -0.15) is 10.4 Å². The molecule has 0 amide bonds. The second kappa shape index (κ2) is 5.93. The Labute approximate surface area is 123 Å². The summed E-state index contributed by atoms with van der Waals surface area (Å²) in [5.41, 5.74) is 3.75. The summed E-state index contributed by atoms with van der Waals surface area (Å²) in [6.07, 6.45) is 3.67. The van der Waals surface area contributed by atoms with Gasteiger partial charge in [0, 0.05) is 18.9 Å². The Morgan fingerprint density at radius 1 is 1.10 bits per heavy atom. The van der Waals surface area contributed by atoms with Gasteiger partial charge in [0.15, 0.2) is 0 Å². The molecule has 1 heterocycles. The smallest absolute Gasteiger partial charge is 0.0991 e. The van der Waals surface area contributed by atoms with Gasteiger partial charge in [-0.05, 0) is 35.9 Å². The summed E-state index contributed by atoms with van der Waals surface area (Å²) in [4.78, 5) is 0. The second-order valence-electron chi connectivity index (χ2n) is 4.63. The molecule has 0 radical (unpaired) electrons. The minimum atomic E-state index is 0.661. The molecule has 0 aliphatic rings. The molecule has 0 spiro atoms. The molecule has 0 unspecified atom stereocenters. The van der Waals surface area contributed by atoms with Crippen LogP contribution in [0.5, 0.6) is 0 Å². The lowest BCUT2D eigenvalue weighted by molar-refractivity contribution is 0.879. The van der Waals surface area contributed by atoms with E-state index in [0.717, 1.165) is 16.9 Å². The zero-order valence-corrected chi connectivity index (χ0v) is 11.4. The number of nitrogens with one attached hydrogen (secondary N) is 1. The van der Waals surface area contributed by atoms with E-state index in [4.69, 9.17) is 5.26 Å². The zero-order chi connectivity index (χ0) is 14.5. The minimum absolute atomic E-state index is 0.661. The quantitative estimate of drug-likeness (QED) is 0.793. The lowest BCUT2D eigenvalue weighted by atomic mass is 10.1. The first kappa shape index (κ1) is 12.9. The number of nitrogens with zero attached hydrogens (tertiary/aromatic N) is 3. The van der Waals surface area contributed by atoms with Crippen molar-refractivity contribution in [2.24, 2.45) is 0 Å². The molecule has 4 nitrogen and oxygen atoms in total.